The second-order valence-electron chi connectivity index (χ2n) is 3.62. The first-order chi connectivity index (χ1) is 8.61. The van der Waals surface area contributed by atoms with E-state index in [0.717, 1.165) is 6.07 Å². The third kappa shape index (κ3) is 2.46. The summed E-state index contributed by atoms with van der Waals surface area (Å²) < 4.78 is 44.8. The quantitative estimate of drug-likeness (QED) is 0.910. The van der Waals surface area contributed by atoms with Gasteiger partial charge in [-0.2, -0.15) is 4.39 Å². The fourth-order valence-electron chi connectivity index (χ4n) is 1.44. The molecule has 18 heavy (non-hydrogen) atoms. The molecule has 0 saturated carbocycles. The Balaban J connectivity index is 2.31. The number of halogens is 3. The molecule has 0 aliphatic rings. The van der Waals surface area contributed by atoms with Gasteiger partial charge in [0.2, 0.25) is 5.82 Å². The average Bonchev–Trinajstić information content (AvgIpc) is 2.37. The largest absolute Gasteiger partial charge is 0.451 e. The van der Waals surface area contributed by atoms with Crippen molar-refractivity contribution < 1.29 is 17.9 Å². The van der Waals surface area contributed by atoms with Gasteiger partial charge in [-0.05, 0) is 29.8 Å². The van der Waals surface area contributed by atoms with Crippen LogP contribution in [0.15, 0.2) is 36.4 Å². The van der Waals surface area contributed by atoms with Crippen LogP contribution in [0.3, 0.4) is 0 Å². The number of hydrogen-bond donors (Lipinski definition) is 1. The Kier molecular flexibility index (Phi) is 3.53. The van der Waals surface area contributed by atoms with Crippen LogP contribution in [-0.2, 0) is 6.54 Å². The Hall–Kier alpha value is -2.01. The maximum absolute atomic E-state index is 13.6. The van der Waals surface area contributed by atoms with Crippen LogP contribution in [0.25, 0.3) is 0 Å². The molecule has 0 fully saturated rings. The van der Waals surface area contributed by atoms with Gasteiger partial charge in [0.05, 0.1) is 0 Å². The molecule has 2 aromatic rings. The van der Waals surface area contributed by atoms with Crippen molar-refractivity contribution >= 4 is 0 Å². The number of rotatable bonds is 3. The zero-order valence-electron chi connectivity index (χ0n) is 9.29. The van der Waals surface area contributed by atoms with Crippen LogP contribution in [-0.4, -0.2) is 0 Å². The maximum atomic E-state index is 13.6. The van der Waals surface area contributed by atoms with Gasteiger partial charge < -0.3 is 10.5 Å². The highest BCUT2D eigenvalue weighted by Gasteiger charge is 2.12. The molecule has 0 saturated heterocycles. The molecule has 0 radical (unpaired) electrons. The van der Waals surface area contributed by atoms with Crippen LogP contribution in [0, 0.1) is 17.5 Å². The van der Waals surface area contributed by atoms with Crippen LogP contribution in [0.5, 0.6) is 11.5 Å². The smallest absolute Gasteiger partial charge is 0.201 e. The van der Waals surface area contributed by atoms with Gasteiger partial charge in [-0.25, -0.2) is 8.78 Å². The molecule has 94 valence electrons. The number of hydrogen-bond acceptors (Lipinski definition) is 2. The summed E-state index contributed by atoms with van der Waals surface area (Å²) in [4.78, 5) is 0. The number of nitrogens with two attached hydrogens (primary N) is 1. The van der Waals surface area contributed by atoms with E-state index in [4.69, 9.17) is 10.5 Å². The number of ether oxygens (including phenoxy) is 1. The van der Waals surface area contributed by atoms with Gasteiger partial charge in [0.15, 0.2) is 23.1 Å². The lowest BCUT2D eigenvalue weighted by Gasteiger charge is -2.08. The molecule has 2 nitrogen and oxygen atoms in total. The first-order valence-electron chi connectivity index (χ1n) is 5.22. The summed E-state index contributed by atoms with van der Waals surface area (Å²) in [5.41, 5.74) is 5.93. The van der Waals surface area contributed by atoms with Gasteiger partial charge in [0.25, 0.3) is 0 Å². The lowest BCUT2D eigenvalue weighted by Crippen LogP contribution is -1.98. The molecule has 0 spiro atoms. The van der Waals surface area contributed by atoms with Crippen LogP contribution < -0.4 is 10.5 Å². The molecule has 5 heteroatoms. The molecule has 0 aliphatic heterocycles. The minimum Gasteiger partial charge on any atom is -0.451 e. The SMILES string of the molecule is NCc1ccc(Oc2cccc(F)c2F)c(F)c1. The summed E-state index contributed by atoms with van der Waals surface area (Å²) in [6.07, 6.45) is 0. The molecule has 2 aromatic carbocycles. The predicted molar refractivity (Wildman–Crippen MR) is 60.7 cm³/mol. The Morgan fingerprint density at radius 3 is 2.39 bits per heavy atom. The molecular formula is C13H10F3NO. The monoisotopic (exact) mass is 253 g/mol. The fraction of sp³-hybridized carbons (Fsp3) is 0.0769. The van der Waals surface area contributed by atoms with Gasteiger partial charge in [0, 0.05) is 6.54 Å². The van der Waals surface area contributed by atoms with E-state index in [-0.39, 0.29) is 18.0 Å². The van der Waals surface area contributed by atoms with Crippen molar-refractivity contribution in [1.82, 2.24) is 0 Å². The molecule has 0 bridgehead atoms. The zero-order chi connectivity index (χ0) is 13.1. The minimum absolute atomic E-state index is 0.184. The van der Waals surface area contributed by atoms with E-state index in [1.807, 2.05) is 0 Å². The molecule has 0 heterocycles. The van der Waals surface area contributed by atoms with E-state index in [0.29, 0.717) is 5.56 Å². The maximum Gasteiger partial charge on any atom is 0.201 e. The molecule has 2 N–H and O–H groups in total. The van der Waals surface area contributed by atoms with Crippen molar-refractivity contribution in [3.8, 4) is 11.5 Å². The Morgan fingerprint density at radius 1 is 0.944 bits per heavy atom. The Labute approximate surface area is 102 Å². The summed E-state index contributed by atoms with van der Waals surface area (Å²) in [6.45, 7) is 0.186. The highest BCUT2D eigenvalue weighted by Crippen LogP contribution is 2.28. The lowest BCUT2D eigenvalue weighted by atomic mass is 10.2. The Bertz CT molecular complexity index is 572. The Morgan fingerprint density at radius 2 is 1.72 bits per heavy atom. The van der Waals surface area contributed by atoms with Crippen LogP contribution in [0.1, 0.15) is 5.56 Å². The van der Waals surface area contributed by atoms with E-state index in [2.05, 4.69) is 0 Å². The van der Waals surface area contributed by atoms with E-state index < -0.39 is 17.5 Å². The zero-order valence-corrected chi connectivity index (χ0v) is 9.29. The minimum atomic E-state index is -1.15. The first kappa shape index (κ1) is 12.4. The summed E-state index contributed by atoms with van der Waals surface area (Å²) in [5.74, 6) is -3.43. The highest BCUT2D eigenvalue weighted by atomic mass is 19.2. The van der Waals surface area contributed by atoms with Crippen molar-refractivity contribution in [2.24, 2.45) is 5.73 Å². The van der Waals surface area contributed by atoms with Gasteiger partial charge in [-0.15, -0.1) is 0 Å². The second kappa shape index (κ2) is 5.10. The third-order valence-electron chi connectivity index (χ3n) is 2.37. The van der Waals surface area contributed by atoms with Crippen LogP contribution in [0.2, 0.25) is 0 Å². The van der Waals surface area contributed by atoms with Gasteiger partial charge in [0.1, 0.15) is 0 Å². The number of benzene rings is 2. The molecule has 2 rings (SSSR count). The van der Waals surface area contributed by atoms with Crippen molar-refractivity contribution in [2.45, 2.75) is 6.54 Å². The summed E-state index contributed by atoms with van der Waals surface area (Å²) in [6, 6.07) is 7.51. The standard InChI is InChI=1S/C13H10F3NO/c14-9-2-1-3-12(13(9)16)18-11-5-4-8(7-17)6-10(11)15/h1-6H,7,17H2. The normalized spacial score (nSPS) is 10.4. The lowest BCUT2D eigenvalue weighted by molar-refractivity contribution is 0.397. The van der Waals surface area contributed by atoms with E-state index >= 15 is 0 Å². The second-order valence-corrected chi connectivity index (χ2v) is 3.62. The van der Waals surface area contributed by atoms with Gasteiger partial charge >= 0.3 is 0 Å². The van der Waals surface area contributed by atoms with Crippen molar-refractivity contribution in [3.63, 3.8) is 0 Å². The molecule has 0 aliphatic carbocycles. The molecule has 0 amide bonds. The third-order valence-corrected chi connectivity index (χ3v) is 2.37. The van der Waals surface area contributed by atoms with Gasteiger partial charge in [-0.1, -0.05) is 12.1 Å². The van der Waals surface area contributed by atoms with E-state index in [9.17, 15) is 13.2 Å². The molecular weight excluding hydrogens is 243 g/mol. The summed E-state index contributed by atoms with van der Waals surface area (Å²) in [7, 11) is 0. The van der Waals surface area contributed by atoms with E-state index in [1.165, 1.54) is 24.3 Å². The molecule has 0 atom stereocenters. The van der Waals surface area contributed by atoms with Crippen LogP contribution >= 0.6 is 0 Å². The topological polar surface area (TPSA) is 35.2 Å². The van der Waals surface area contributed by atoms with Crippen molar-refractivity contribution in [1.29, 1.82) is 0 Å². The summed E-state index contributed by atoms with van der Waals surface area (Å²) in [5, 5.41) is 0. The molecule has 0 aromatic heterocycles. The van der Waals surface area contributed by atoms with Crippen molar-refractivity contribution in [3.05, 3.63) is 59.4 Å². The average molecular weight is 253 g/mol. The van der Waals surface area contributed by atoms with Gasteiger partial charge in [-0.3, -0.25) is 0 Å². The highest BCUT2D eigenvalue weighted by molar-refractivity contribution is 5.35. The fourth-order valence-corrected chi connectivity index (χ4v) is 1.44. The molecule has 0 unspecified atom stereocenters. The van der Waals surface area contributed by atoms with Crippen molar-refractivity contribution in [2.75, 3.05) is 0 Å². The summed E-state index contributed by atoms with van der Waals surface area (Å²) >= 11 is 0. The van der Waals surface area contributed by atoms with E-state index in [1.54, 1.807) is 6.07 Å². The van der Waals surface area contributed by atoms with Crippen LogP contribution in [0.4, 0.5) is 13.2 Å². The predicted octanol–water partition coefficient (Wildman–Crippen LogP) is 3.35. The first-order valence-corrected chi connectivity index (χ1v) is 5.22.